The highest BCUT2D eigenvalue weighted by Gasteiger charge is 2.18. The van der Waals surface area contributed by atoms with Crippen LogP contribution in [0.5, 0.6) is 0 Å². The number of rotatable bonds is 8. The third kappa shape index (κ3) is 6.15. The third-order valence-corrected chi connectivity index (χ3v) is 3.62. The van der Waals surface area contributed by atoms with Gasteiger partial charge in [0.15, 0.2) is 0 Å². The summed E-state index contributed by atoms with van der Waals surface area (Å²) in [6.45, 7) is 7.55. The van der Waals surface area contributed by atoms with Crippen LogP contribution in [0.4, 0.5) is 4.39 Å². The largest absolute Gasteiger partial charge is 0.481 e. The predicted octanol–water partition coefficient (Wildman–Crippen LogP) is 3.50. The van der Waals surface area contributed by atoms with E-state index in [1.807, 2.05) is 6.92 Å². The number of aryl methyl sites for hydroxylation is 1. The van der Waals surface area contributed by atoms with Gasteiger partial charge in [0, 0.05) is 13.0 Å². The van der Waals surface area contributed by atoms with Gasteiger partial charge in [-0.15, -0.1) is 0 Å². The van der Waals surface area contributed by atoms with Crippen molar-refractivity contribution >= 4 is 5.97 Å². The topological polar surface area (TPSA) is 49.3 Å². The lowest BCUT2D eigenvalue weighted by molar-refractivity contribution is -0.137. The summed E-state index contributed by atoms with van der Waals surface area (Å²) < 4.78 is 13.1. The van der Waals surface area contributed by atoms with E-state index < -0.39 is 5.97 Å². The van der Waals surface area contributed by atoms with Crippen molar-refractivity contribution in [1.29, 1.82) is 0 Å². The van der Waals surface area contributed by atoms with E-state index in [0.717, 1.165) is 24.1 Å². The molecule has 0 saturated heterocycles. The molecule has 0 saturated carbocycles. The Bertz CT molecular complexity index is 458. The summed E-state index contributed by atoms with van der Waals surface area (Å²) in [7, 11) is 0. The molecular formula is C16H24FNO2. The van der Waals surface area contributed by atoms with Gasteiger partial charge in [-0.05, 0) is 55.0 Å². The number of aliphatic carboxylic acids is 1. The second-order valence-corrected chi connectivity index (χ2v) is 6.06. The zero-order valence-corrected chi connectivity index (χ0v) is 12.5. The lowest BCUT2D eigenvalue weighted by Gasteiger charge is -2.24. The Kier molecular flexibility index (Phi) is 6.14. The highest BCUT2D eigenvalue weighted by Crippen LogP contribution is 2.26. The highest BCUT2D eigenvalue weighted by atomic mass is 19.1. The molecule has 4 heteroatoms. The van der Waals surface area contributed by atoms with Crippen molar-refractivity contribution in [2.45, 2.75) is 46.6 Å². The molecule has 1 aromatic rings. The summed E-state index contributed by atoms with van der Waals surface area (Å²) in [4.78, 5) is 10.6. The number of carboxylic acids is 1. The number of hydrogen-bond acceptors (Lipinski definition) is 2. The average Bonchev–Trinajstić information content (AvgIpc) is 2.36. The van der Waals surface area contributed by atoms with Crippen LogP contribution in [0.2, 0.25) is 0 Å². The van der Waals surface area contributed by atoms with Crippen molar-refractivity contribution < 1.29 is 14.3 Å². The lowest BCUT2D eigenvalue weighted by Crippen LogP contribution is -2.23. The molecule has 0 spiro atoms. The number of nitrogens with one attached hydrogen (secondary N) is 1. The Morgan fingerprint density at radius 3 is 2.70 bits per heavy atom. The van der Waals surface area contributed by atoms with E-state index >= 15 is 0 Å². The minimum Gasteiger partial charge on any atom is -0.481 e. The monoisotopic (exact) mass is 281 g/mol. The van der Waals surface area contributed by atoms with Gasteiger partial charge >= 0.3 is 5.97 Å². The number of benzene rings is 1. The van der Waals surface area contributed by atoms with Gasteiger partial charge in [0.2, 0.25) is 0 Å². The minimum atomic E-state index is -0.749. The first-order valence-electron chi connectivity index (χ1n) is 6.98. The standard InChI is InChI=1S/C16H24FNO2/c1-12-4-5-14(17)10-13(12)11-18-9-8-16(2,3)7-6-15(19)20/h4-5,10,18H,6-9,11H2,1-3H3,(H,19,20). The molecule has 0 unspecified atom stereocenters. The molecule has 0 fully saturated rings. The smallest absolute Gasteiger partial charge is 0.303 e. The maximum absolute atomic E-state index is 13.1. The third-order valence-electron chi connectivity index (χ3n) is 3.62. The zero-order valence-electron chi connectivity index (χ0n) is 12.5. The average molecular weight is 281 g/mol. The van der Waals surface area contributed by atoms with Gasteiger partial charge in [0.05, 0.1) is 0 Å². The van der Waals surface area contributed by atoms with E-state index in [4.69, 9.17) is 5.11 Å². The van der Waals surface area contributed by atoms with Crippen LogP contribution in [-0.4, -0.2) is 17.6 Å². The van der Waals surface area contributed by atoms with E-state index in [2.05, 4.69) is 19.2 Å². The SMILES string of the molecule is Cc1ccc(F)cc1CNCCC(C)(C)CCC(=O)O. The molecular weight excluding hydrogens is 257 g/mol. The molecule has 0 atom stereocenters. The first kappa shape index (κ1) is 16.6. The van der Waals surface area contributed by atoms with Crippen molar-refractivity contribution in [1.82, 2.24) is 5.32 Å². The quantitative estimate of drug-likeness (QED) is 0.717. The van der Waals surface area contributed by atoms with E-state index in [-0.39, 0.29) is 17.7 Å². The van der Waals surface area contributed by atoms with E-state index in [9.17, 15) is 9.18 Å². The van der Waals surface area contributed by atoms with Crippen molar-refractivity contribution in [2.24, 2.45) is 5.41 Å². The molecule has 0 aliphatic rings. The Morgan fingerprint density at radius 2 is 2.05 bits per heavy atom. The molecule has 1 rings (SSSR count). The summed E-state index contributed by atoms with van der Waals surface area (Å²) in [6, 6.07) is 4.80. The van der Waals surface area contributed by atoms with Gasteiger partial charge in [0.1, 0.15) is 5.82 Å². The predicted molar refractivity (Wildman–Crippen MR) is 78.1 cm³/mol. The van der Waals surface area contributed by atoms with Gasteiger partial charge in [0.25, 0.3) is 0 Å². The number of halogens is 1. The van der Waals surface area contributed by atoms with Crippen molar-refractivity contribution in [3.63, 3.8) is 0 Å². The fourth-order valence-electron chi connectivity index (χ4n) is 2.05. The summed E-state index contributed by atoms with van der Waals surface area (Å²) >= 11 is 0. The van der Waals surface area contributed by atoms with Crippen LogP contribution in [0, 0.1) is 18.2 Å². The molecule has 0 aliphatic carbocycles. The Labute approximate surface area is 120 Å². The summed E-state index contributed by atoms with van der Waals surface area (Å²) in [5, 5.41) is 12.0. The second kappa shape index (κ2) is 7.39. The Hall–Kier alpha value is -1.42. The number of carboxylic acid groups (broad SMARTS) is 1. The van der Waals surface area contributed by atoms with Crippen LogP contribution >= 0.6 is 0 Å². The molecule has 0 aliphatic heterocycles. The minimum absolute atomic E-state index is 0.00235. The molecule has 0 heterocycles. The van der Waals surface area contributed by atoms with Gasteiger partial charge < -0.3 is 10.4 Å². The molecule has 0 amide bonds. The van der Waals surface area contributed by atoms with Crippen LogP contribution in [0.3, 0.4) is 0 Å². The Balaban J connectivity index is 2.34. The normalized spacial score (nSPS) is 11.6. The molecule has 0 bridgehead atoms. The summed E-state index contributed by atoms with van der Waals surface area (Å²) in [6.07, 6.45) is 1.77. The van der Waals surface area contributed by atoms with E-state index in [1.165, 1.54) is 6.07 Å². The van der Waals surface area contributed by atoms with Crippen LogP contribution in [0.25, 0.3) is 0 Å². The fraction of sp³-hybridized carbons (Fsp3) is 0.562. The molecule has 1 aromatic carbocycles. The summed E-state index contributed by atoms with van der Waals surface area (Å²) in [5.74, 6) is -0.962. The van der Waals surface area contributed by atoms with Gasteiger partial charge in [-0.2, -0.15) is 0 Å². The first-order valence-corrected chi connectivity index (χ1v) is 6.98. The fourth-order valence-corrected chi connectivity index (χ4v) is 2.05. The van der Waals surface area contributed by atoms with Crippen molar-refractivity contribution in [3.05, 3.63) is 35.1 Å². The van der Waals surface area contributed by atoms with E-state index in [0.29, 0.717) is 13.0 Å². The molecule has 0 aromatic heterocycles. The van der Waals surface area contributed by atoms with Crippen LogP contribution < -0.4 is 5.32 Å². The zero-order chi connectivity index (χ0) is 15.2. The van der Waals surface area contributed by atoms with E-state index in [1.54, 1.807) is 12.1 Å². The van der Waals surface area contributed by atoms with Gasteiger partial charge in [-0.1, -0.05) is 19.9 Å². The van der Waals surface area contributed by atoms with Crippen molar-refractivity contribution in [3.8, 4) is 0 Å². The van der Waals surface area contributed by atoms with Gasteiger partial charge in [-0.3, -0.25) is 4.79 Å². The molecule has 2 N–H and O–H groups in total. The molecule has 0 radical (unpaired) electrons. The lowest BCUT2D eigenvalue weighted by atomic mass is 9.84. The molecule has 112 valence electrons. The summed E-state index contributed by atoms with van der Waals surface area (Å²) in [5.41, 5.74) is 2.04. The van der Waals surface area contributed by atoms with Crippen LogP contribution in [0.15, 0.2) is 18.2 Å². The van der Waals surface area contributed by atoms with Crippen LogP contribution in [0.1, 0.15) is 44.2 Å². The highest BCUT2D eigenvalue weighted by molar-refractivity contribution is 5.66. The Morgan fingerprint density at radius 1 is 1.35 bits per heavy atom. The maximum Gasteiger partial charge on any atom is 0.303 e. The molecule has 20 heavy (non-hydrogen) atoms. The van der Waals surface area contributed by atoms with Gasteiger partial charge in [-0.25, -0.2) is 4.39 Å². The second-order valence-electron chi connectivity index (χ2n) is 6.06. The van der Waals surface area contributed by atoms with Crippen molar-refractivity contribution in [2.75, 3.05) is 6.54 Å². The van der Waals surface area contributed by atoms with Crippen LogP contribution in [-0.2, 0) is 11.3 Å². The number of carbonyl (C=O) groups is 1. The first-order chi connectivity index (χ1) is 9.30. The molecule has 3 nitrogen and oxygen atoms in total. The maximum atomic E-state index is 13.1. The number of hydrogen-bond donors (Lipinski definition) is 2.